The Bertz CT molecular complexity index is 1010. The number of rotatable bonds is 5. The van der Waals surface area contributed by atoms with E-state index in [-0.39, 0.29) is 4.90 Å². The minimum Gasteiger partial charge on any atom is -0.390 e. The molecule has 0 unspecified atom stereocenters. The van der Waals surface area contributed by atoms with Gasteiger partial charge in [-0.05, 0) is 42.8 Å². The second-order valence-electron chi connectivity index (χ2n) is 6.17. The van der Waals surface area contributed by atoms with Gasteiger partial charge in [0.1, 0.15) is 17.6 Å². The molecule has 7 nitrogen and oxygen atoms in total. The highest BCUT2D eigenvalue weighted by atomic mass is 32.2. The summed E-state index contributed by atoms with van der Waals surface area (Å²) in [6, 6.07) is 10.8. The van der Waals surface area contributed by atoms with Gasteiger partial charge in [-0.15, -0.1) is 5.10 Å². The summed E-state index contributed by atoms with van der Waals surface area (Å²) < 4.78 is 25.8. The van der Waals surface area contributed by atoms with Crippen molar-refractivity contribution in [2.45, 2.75) is 25.3 Å². The highest BCUT2D eigenvalue weighted by molar-refractivity contribution is 7.89. The lowest BCUT2D eigenvalue weighted by atomic mass is 10.1. The minimum atomic E-state index is -3.53. The molecule has 3 rings (SSSR count). The van der Waals surface area contributed by atoms with Crippen LogP contribution in [-0.4, -0.2) is 42.0 Å². The van der Waals surface area contributed by atoms with E-state index in [9.17, 15) is 8.42 Å². The predicted molar refractivity (Wildman–Crippen MR) is 94.6 cm³/mol. The van der Waals surface area contributed by atoms with Crippen LogP contribution in [0.4, 0.5) is 0 Å². The smallest absolute Gasteiger partial charge is 0.242 e. The van der Waals surface area contributed by atoms with Crippen molar-refractivity contribution < 1.29 is 13.3 Å². The summed E-state index contributed by atoms with van der Waals surface area (Å²) in [5, 5.41) is 7.97. The van der Waals surface area contributed by atoms with Crippen molar-refractivity contribution in [3.8, 4) is 0 Å². The first kappa shape index (κ1) is 17.4. The van der Waals surface area contributed by atoms with Crippen molar-refractivity contribution in [1.82, 2.24) is 19.5 Å². The molecule has 1 aromatic heterocycles. The van der Waals surface area contributed by atoms with Crippen LogP contribution in [0.1, 0.15) is 16.7 Å². The van der Waals surface area contributed by atoms with Gasteiger partial charge in [-0.3, -0.25) is 0 Å². The van der Waals surface area contributed by atoms with Crippen molar-refractivity contribution in [2.75, 3.05) is 14.1 Å². The molecule has 0 atom stereocenters. The Morgan fingerprint density at radius 3 is 2.40 bits per heavy atom. The average molecular weight is 360 g/mol. The third-order valence-corrected chi connectivity index (χ3v) is 5.61. The maximum absolute atomic E-state index is 12.3. The molecule has 3 aromatic rings. The summed E-state index contributed by atoms with van der Waals surface area (Å²) in [5.74, 6) is 0. The molecule has 0 fully saturated rings. The second-order valence-corrected chi connectivity index (χ2v) is 8.32. The van der Waals surface area contributed by atoms with Gasteiger partial charge in [0, 0.05) is 14.1 Å². The van der Waals surface area contributed by atoms with Crippen molar-refractivity contribution in [2.24, 2.45) is 0 Å². The van der Waals surface area contributed by atoms with Gasteiger partial charge >= 0.3 is 0 Å². The highest BCUT2D eigenvalue weighted by Crippen LogP contribution is 2.19. The van der Waals surface area contributed by atoms with Gasteiger partial charge in [-0.2, -0.15) is 0 Å². The lowest BCUT2D eigenvalue weighted by Crippen LogP contribution is -2.22. The van der Waals surface area contributed by atoms with Gasteiger partial charge in [0.15, 0.2) is 0 Å². The van der Waals surface area contributed by atoms with Gasteiger partial charge in [0.25, 0.3) is 0 Å². The molecule has 0 aliphatic rings. The number of aryl methyl sites for hydroxylation is 2. The topological polar surface area (TPSA) is 77.3 Å². The van der Waals surface area contributed by atoms with E-state index in [0.29, 0.717) is 17.6 Å². The Kier molecular flexibility index (Phi) is 4.49. The van der Waals surface area contributed by atoms with Crippen LogP contribution < -0.4 is 4.84 Å². The molecule has 8 heteroatoms. The molecule has 0 bridgehead atoms. The van der Waals surface area contributed by atoms with Crippen LogP contribution in [0.2, 0.25) is 0 Å². The molecule has 2 aromatic carbocycles. The molecule has 0 N–H and O–H groups in total. The van der Waals surface area contributed by atoms with Gasteiger partial charge in [-0.1, -0.05) is 34.2 Å². The number of nitrogens with zero attached hydrogens (tertiary/aromatic N) is 4. The molecule has 0 spiro atoms. The maximum atomic E-state index is 12.3. The molecular formula is C17H20N4O3S. The van der Waals surface area contributed by atoms with Crippen molar-refractivity contribution in [3.63, 3.8) is 0 Å². The number of hydrogen-bond acceptors (Lipinski definition) is 5. The molecule has 0 saturated heterocycles. The van der Waals surface area contributed by atoms with Crippen LogP contribution in [0.3, 0.4) is 0 Å². The number of hydrogen-bond donors (Lipinski definition) is 0. The molecule has 25 heavy (non-hydrogen) atoms. The maximum Gasteiger partial charge on any atom is 0.242 e. The molecule has 0 saturated carbocycles. The summed E-state index contributed by atoms with van der Waals surface area (Å²) in [6.45, 7) is 4.37. The first-order valence-electron chi connectivity index (χ1n) is 7.76. The van der Waals surface area contributed by atoms with Crippen molar-refractivity contribution in [3.05, 3.63) is 53.1 Å². The number of benzene rings is 2. The molecule has 1 heterocycles. The predicted octanol–water partition coefficient (Wildman–Crippen LogP) is 1.93. The van der Waals surface area contributed by atoms with Gasteiger partial charge in [0.05, 0.1) is 4.90 Å². The fourth-order valence-electron chi connectivity index (χ4n) is 2.63. The SMILES string of the molecule is Cc1cc(C)cc(COn2nnc3ccc(S(=O)(=O)N(C)C)cc32)c1. The number of sulfonamides is 1. The normalized spacial score (nSPS) is 12.0. The molecule has 0 aliphatic heterocycles. The summed E-state index contributed by atoms with van der Waals surface area (Å²) in [4.78, 5) is 7.15. The molecule has 0 aliphatic carbocycles. The Labute approximate surface area is 146 Å². The Morgan fingerprint density at radius 2 is 1.76 bits per heavy atom. The zero-order valence-electron chi connectivity index (χ0n) is 14.6. The summed E-state index contributed by atoms with van der Waals surface area (Å²) in [5.41, 5.74) is 4.39. The zero-order valence-corrected chi connectivity index (χ0v) is 15.4. The fraction of sp³-hybridized carbons (Fsp3) is 0.294. The quantitative estimate of drug-likeness (QED) is 0.695. The number of fused-ring (bicyclic) bond motifs is 1. The standard InChI is InChI=1S/C17H20N4O3S/c1-12-7-13(2)9-14(8-12)11-24-21-17-10-15(25(22,23)20(3)4)5-6-16(17)18-19-21/h5-10H,11H2,1-4H3. The van der Waals surface area contributed by atoms with Crippen molar-refractivity contribution in [1.29, 1.82) is 0 Å². The van der Waals surface area contributed by atoms with Crippen LogP contribution in [-0.2, 0) is 16.6 Å². The largest absolute Gasteiger partial charge is 0.390 e. The summed E-state index contributed by atoms with van der Waals surface area (Å²) >= 11 is 0. The van der Waals surface area contributed by atoms with E-state index in [4.69, 9.17) is 4.84 Å². The van der Waals surface area contributed by atoms with Crippen LogP contribution in [0.5, 0.6) is 0 Å². The van der Waals surface area contributed by atoms with Crippen molar-refractivity contribution >= 4 is 21.1 Å². The number of aromatic nitrogens is 3. The highest BCUT2D eigenvalue weighted by Gasteiger charge is 2.19. The van der Waals surface area contributed by atoms with Gasteiger partial charge in [-0.25, -0.2) is 12.7 Å². The Hall–Kier alpha value is -2.45. The lowest BCUT2D eigenvalue weighted by molar-refractivity contribution is 0.0750. The van der Waals surface area contributed by atoms with E-state index in [1.54, 1.807) is 6.07 Å². The molecule has 132 valence electrons. The van der Waals surface area contributed by atoms with Crippen LogP contribution in [0.15, 0.2) is 41.3 Å². The third-order valence-electron chi connectivity index (χ3n) is 3.80. The third kappa shape index (κ3) is 3.49. The summed E-state index contributed by atoms with van der Waals surface area (Å²) in [6.07, 6.45) is 0. The fourth-order valence-corrected chi connectivity index (χ4v) is 3.55. The molecule has 0 amide bonds. The first-order chi connectivity index (χ1) is 11.8. The summed E-state index contributed by atoms with van der Waals surface area (Å²) in [7, 11) is -0.549. The van der Waals surface area contributed by atoms with Gasteiger partial charge < -0.3 is 4.84 Å². The van der Waals surface area contributed by atoms with Gasteiger partial charge in [0.2, 0.25) is 10.0 Å². The van der Waals surface area contributed by atoms with E-state index in [1.165, 1.54) is 35.4 Å². The van der Waals surface area contributed by atoms with Crippen LogP contribution >= 0.6 is 0 Å². The molecular weight excluding hydrogens is 340 g/mol. The van der Waals surface area contributed by atoms with E-state index < -0.39 is 10.0 Å². The average Bonchev–Trinajstić information content (AvgIpc) is 2.94. The van der Waals surface area contributed by atoms with E-state index in [1.807, 2.05) is 26.0 Å². The molecule has 0 radical (unpaired) electrons. The lowest BCUT2D eigenvalue weighted by Gasteiger charge is -2.11. The Morgan fingerprint density at radius 1 is 1.08 bits per heavy atom. The first-order valence-corrected chi connectivity index (χ1v) is 9.20. The Balaban J connectivity index is 1.92. The minimum absolute atomic E-state index is 0.170. The van der Waals surface area contributed by atoms with E-state index >= 15 is 0 Å². The van der Waals surface area contributed by atoms with Crippen LogP contribution in [0.25, 0.3) is 11.0 Å². The zero-order chi connectivity index (χ0) is 18.2. The van der Waals surface area contributed by atoms with E-state index in [2.05, 4.69) is 16.4 Å². The van der Waals surface area contributed by atoms with Crippen LogP contribution in [0, 0.1) is 13.8 Å². The second kappa shape index (κ2) is 6.45. The monoisotopic (exact) mass is 360 g/mol. The van der Waals surface area contributed by atoms with E-state index in [0.717, 1.165) is 16.7 Å².